The number of rotatable bonds is 6. The van der Waals surface area contributed by atoms with Crippen LogP contribution in [0.15, 0.2) is 12.1 Å². The van der Waals surface area contributed by atoms with Crippen LogP contribution in [0.2, 0.25) is 0 Å². The van der Waals surface area contributed by atoms with Gasteiger partial charge in [-0.3, -0.25) is 0 Å². The van der Waals surface area contributed by atoms with E-state index in [2.05, 4.69) is 19.2 Å². The second-order valence-electron chi connectivity index (χ2n) is 4.53. The number of likely N-dealkylation sites (N-methyl/N-ethyl adjacent to an activating group) is 1. The van der Waals surface area contributed by atoms with Crippen molar-refractivity contribution in [2.75, 3.05) is 27.8 Å². The monoisotopic (exact) mass is 253 g/mol. The fraction of sp³-hybridized carbons (Fsp3) is 0.571. The van der Waals surface area contributed by atoms with Crippen LogP contribution >= 0.6 is 0 Å². The normalized spacial score (nSPS) is 12.6. The Kier molecular flexibility index (Phi) is 5.44. The first-order chi connectivity index (χ1) is 8.56. The molecule has 0 saturated heterocycles. The summed E-state index contributed by atoms with van der Waals surface area (Å²) in [6, 6.07) is 3.87. The predicted octanol–water partition coefficient (Wildman–Crippen LogP) is 2.08. The highest BCUT2D eigenvalue weighted by Gasteiger charge is 2.22. The summed E-state index contributed by atoms with van der Waals surface area (Å²) in [6.45, 7) is 4.66. The van der Waals surface area contributed by atoms with Crippen LogP contribution in [-0.4, -0.2) is 32.9 Å². The molecule has 0 fully saturated rings. The molecule has 18 heavy (non-hydrogen) atoms. The molecule has 4 heteroatoms. The molecule has 0 aliphatic heterocycles. The molecule has 0 aliphatic rings. The van der Waals surface area contributed by atoms with Crippen molar-refractivity contribution in [3.63, 3.8) is 0 Å². The van der Waals surface area contributed by atoms with Gasteiger partial charge in [0.15, 0.2) is 11.5 Å². The van der Waals surface area contributed by atoms with Crippen LogP contribution in [0.4, 0.5) is 0 Å². The van der Waals surface area contributed by atoms with Gasteiger partial charge in [-0.2, -0.15) is 0 Å². The van der Waals surface area contributed by atoms with E-state index in [9.17, 15) is 5.11 Å². The summed E-state index contributed by atoms with van der Waals surface area (Å²) in [5.41, 5.74) is 1.89. The predicted molar refractivity (Wildman–Crippen MR) is 72.5 cm³/mol. The van der Waals surface area contributed by atoms with Gasteiger partial charge in [0.2, 0.25) is 0 Å². The maximum atomic E-state index is 10.3. The summed E-state index contributed by atoms with van der Waals surface area (Å²) in [5.74, 6) is 1.57. The Morgan fingerprint density at radius 1 is 1.22 bits per heavy atom. The Balaban J connectivity index is 3.38. The third-order valence-electron chi connectivity index (χ3n) is 2.97. The van der Waals surface area contributed by atoms with Crippen LogP contribution in [0.5, 0.6) is 11.5 Å². The van der Waals surface area contributed by atoms with E-state index < -0.39 is 6.10 Å². The first-order valence-electron chi connectivity index (χ1n) is 6.14. The molecule has 0 saturated carbocycles. The van der Waals surface area contributed by atoms with Gasteiger partial charge in [-0.25, -0.2) is 0 Å². The van der Waals surface area contributed by atoms with E-state index >= 15 is 0 Å². The Labute approximate surface area is 109 Å². The number of benzene rings is 1. The Morgan fingerprint density at radius 2 is 1.89 bits per heavy atom. The number of aliphatic hydroxyl groups excluding tert-OH is 1. The molecule has 2 N–H and O–H groups in total. The average molecular weight is 253 g/mol. The largest absolute Gasteiger partial charge is 0.493 e. The lowest BCUT2D eigenvalue weighted by molar-refractivity contribution is 0.171. The van der Waals surface area contributed by atoms with Crippen molar-refractivity contribution < 1.29 is 14.6 Å². The summed E-state index contributed by atoms with van der Waals surface area (Å²) in [6.07, 6.45) is -0.613. The number of hydrogen-bond donors (Lipinski definition) is 2. The molecule has 4 nitrogen and oxygen atoms in total. The molecule has 1 unspecified atom stereocenters. The van der Waals surface area contributed by atoms with Crippen molar-refractivity contribution in [2.24, 2.45) is 0 Å². The molecule has 0 heterocycles. The van der Waals surface area contributed by atoms with E-state index in [1.54, 1.807) is 14.2 Å². The van der Waals surface area contributed by atoms with Crippen LogP contribution < -0.4 is 14.8 Å². The van der Waals surface area contributed by atoms with Crippen molar-refractivity contribution >= 4 is 0 Å². The number of aliphatic hydroxyl groups is 1. The number of nitrogens with one attached hydrogen (secondary N) is 1. The van der Waals surface area contributed by atoms with Gasteiger partial charge in [-0.15, -0.1) is 0 Å². The molecule has 1 aromatic carbocycles. The number of hydrogen-bond acceptors (Lipinski definition) is 4. The second-order valence-corrected chi connectivity index (χ2v) is 4.53. The van der Waals surface area contributed by atoms with E-state index in [1.165, 1.54) is 0 Å². The standard InChI is InChI=1S/C14H23NO3/c1-9(2)10-6-7-12(17-4)14(18-5)13(10)11(16)8-15-3/h6-7,9,11,15-16H,8H2,1-5H3. The summed E-state index contributed by atoms with van der Waals surface area (Å²) in [4.78, 5) is 0. The molecule has 1 rings (SSSR count). The van der Waals surface area contributed by atoms with Crippen LogP contribution in [0.25, 0.3) is 0 Å². The highest BCUT2D eigenvalue weighted by Crippen LogP contribution is 2.39. The minimum atomic E-state index is -0.613. The fourth-order valence-corrected chi connectivity index (χ4v) is 2.11. The lowest BCUT2D eigenvalue weighted by Gasteiger charge is -2.22. The Bertz CT molecular complexity index is 391. The molecule has 1 aromatic rings. The van der Waals surface area contributed by atoms with Crippen molar-refractivity contribution in [3.8, 4) is 11.5 Å². The topological polar surface area (TPSA) is 50.7 Å². The second kappa shape index (κ2) is 6.61. The van der Waals surface area contributed by atoms with Gasteiger partial charge in [0.05, 0.1) is 20.3 Å². The summed E-state index contributed by atoms with van der Waals surface area (Å²) in [7, 11) is 5.00. The Morgan fingerprint density at radius 3 is 2.33 bits per heavy atom. The van der Waals surface area contributed by atoms with Crippen LogP contribution in [0.1, 0.15) is 37.0 Å². The maximum absolute atomic E-state index is 10.3. The first kappa shape index (κ1) is 14.8. The highest BCUT2D eigenvalue weighted by atomic mass is 16.5. The summed E-state index contributed by atoms with van der Waals surface area (Å²) in [5, 5.41) is 13.3. The van der Waals surface area contributed by atoms with E-state index in [4.69, 9.17) is 9.47 Å². The van der Waals surface area contributed by atoms with Crippen molar-refractivity contribution in [3.05, 3.63) is 23.3 Å². The van der Waals surface area contributed by atoms with Crippen molar-refractivity contribution in [1.82, 2.24) is 5.32 Å². The average Bonchev–Trinajstić information content (AvgIpc) is 2.36. The molecule has 0 bridgehead atoms. The van der Waals surface area contributed by atoms with Gasteiger partial charge in [0, 0.05) is 12.1 Å². The minimum Gasteiger partial charge on any atom is -0.493 e. The van der Waals surface area contributed by atoms with Gasteiger partial charge in [-0.05, 0) is 24.6 Å². The quantitative estimate of drug-likeness (QED) is 0.815. The number of methoxy groups -OCH3 is 2. The van der Waals surface area contributed by atoms with Crippen LogP contribution in [0, 0.1) is 0 Å². The first-order valence-corrected chi connectivity index (χ1v) is 6.14. The Hall–Kier alpha value is -1.26. The molecular formula is C14H23NO3. The fourth-order valence-electron chi connectivity index (χ4n) is 2.11. The molecule has 0 radical (unpaired) electrons. The number of ether oxygens (including phenoxy) is 2. The van der Waals surface area contributed by atoms with E-state index in [-0.39, 0.29) is 0 Å². The van der Waals surface area contributed by atoms with Crippen molar-refractivity contribution in [1.29, 1.82) is 0 Å². The lowest BCUT2D eigenvalue weighted by atomic mass is 9.92. The van der Waals surface area contributed by atoms with E-state index in [0.717, 1.165) is 11.1 Å². The van der Waals surface area contributed by atoms with Gasteiger partial charge < -0.3 is 19.9 Å². The van der Waals surface area contributed by atoms with E-state index in [1.807, 2.05) is 19.2 Å². The minimum absolute atomic E-state index is 0.311. The summed E-state index contributed by atoms with van der Waals surface area (Å²) < 4.78 is 10.7. The third kappa shape index (κ3) is 2.94. The van der Waals surface area contributed by atoms with Gasteiger partial charge in [0.25, 0.3) is 0 Å². The molecule has 0 amide bonds. The lowest BCUT2D eigenvalue weighted by Crippen LogP contribution is -2.19. The zero-order valence-corrected chi connectivity index (χ0v) is 11.8. The van der Waals surface area contributed by atoms with Crippen molar-refractivity contribution in [2.45, 2.75) is 25.9 Å². The van der Waals surface area contributed by atoms with Gasteiger partial charge in [-0.1, -0.05) is 19.9 Å². The molecule has 0 aliphatic carbocycles. The SMILES string of the molecule is CNCC(O)c1c(C(C)C)ccc(OC)c1OC. The molecule has 1 atom stereocenters. The van der Waals surface area contributed by atoms with E-state index in [0.29, 0.717) is 24.0 Å². The zero-order valence-electron chi connectivity index (χ0n) is 11.8. The van der Waals surface area contributed by atoms with Crippen LogP contribution in [-0.2, 0) is 0 Å². The van der Waals surface area contributed by atoms with Gasteiger partial charge >= 0.3 is 0 Å². The smallest absolute Gasteiger partial charge is 0.166 e. The highest BCUT2D eigenvalue weighted by molar-refractivity contribution is 5.53. The molecular weight excluding hydrogens is 230 g/mol. The molecule has 0 aromatic heterocycles. The molecule has 0 spiro atoms. The van der Waals surface area contributed by atoms with Crippen LogP contribution in [0.3, 0.4) is 0 Å². The van der Waals surface area contributed by atoms with Gasteiger partial charge in [0.1, 0.15) is 0 Å². The molecule has 102 valence electrons. The summed E-state index contributed by atoms with van der Waals surface area (Å²) >= 11 is 0. The third-order valence-corrected chi connectivity index (χ3v) is 2.97. The maximum Gasteiger partial charge on any atom is 0.166 e. The zero-order chi connectivity index (χ0) is 13.7.